The lowest BCUT2D eigenvalue weighted by molar-refractivity contribution is -0.146. The van der Waals surface area contributed by atoms with Crippen LogP contribution in [-0.4, -0.2) is 56.6 Å². The van der Waals surface area contributed by atoms with Gasteiger partial charge in [-0.2, -0.15) is 44.6 Å². The summed E-state index contributed by atoms with van der Waals surface area (Å²) in [7, 11) is 0. The van der Waals surface area contributed by atoms with Crippen molar-refractivity contribution in [2.75, 3.05) is 19.6 Å². The Morgan fingerprint density at radius 3 is 2.18 bits per heavy atom. The van der Waals surface area contributed by atoms with Crippen LogP contribution in [0.3, 0.4) is 0 Å². The number of benzene rings is 2. The summed E-state index contributed by atoms with van der Waals surface area (Å²) in [5.41, 5.74) is -3.00. The number of hydrogen-bond acceptors (Lipinski definition) is 5. The van der Waals surface area contributed by atoms with Gasteiger partial charge in [0.2, 0.25) is 0 Å². The van der Waals surface area contributed by atoms with E-state index in [9.17, 15) is 49.4 Å². The van der Waals surface area contributed by atoms with Crippen LogP contribution in [0.4, 0.5) is 39.5 Å². The van der Waals surface area contributed by atoms with Crippen LogP contribution in [0.15, 0.2) is 66.9 Å². The Morgan fingerprint density at radius 1 is 0.898 bits per heavy atom. The summed E-state index contributed by atoms with van der Waals surface area (Å²) >= 11 is 0. The lowest BCUT2D eigenvalue weighted by Gasteiger charge is -2.23. The molecule has 1 saturated carbocycles. The van der Waals surface area contributed by atoms with E-state index < -0.39 is 59.4 Å². The summed E-state index contributed by atoms with van der Waals surface area (Å²) in [5.74, 6) is -2.71. The second kappa shape index (κ2) is 14.1. The number of aryl methyl sites for hydroxylation is 1. The second-order valence-corrected chi connectivity index (χ2v) is 11.7. The number of rotatable bonds is 13. The first kappa shape index (κ1) is 35.7. The molecule has 0 unspecified atom stereocenters. The highest BCUT2D eigenvalue weighted by atomic mass is 19.4. The molecule has 2 aromatic heterocycles. The molecule has 1 N–H and O–H groups in total. The van der Waals surface area contributed by atoms with Gasteiger partial charge in [-0.15, -0.1) is 0 Å². The molecule has 2 aromatic carbocycles. The number of hydrogen-bond donors (Lipinski definition) is 1. The number of ether oxygens (including phenoxy) is 1. The number of para-hydroxylation sites is 1. The number of pyridine rings is 1. The van der Waals surface area contributed by atoms with Crippen molar-refractivity contribution >= 4 is 5.97 Å². The molecule has 0 atom stereocenters. The number of alkyl halides is 9. The molecule has 4 aromatic rings. The van der Waals surface area contributed by atoms with Crippen LogP contribution >= 0.6 is 0 Å². The first-order chi connectivity index (χ1) is 23.0. The summed E-state index contributed by atoms with van der Waals surface area (Å²) in [6.45, 7) is -0.628. The third-order valence-corrected chi connectivity index (χ3v) is 7.78. The van der Waals surface area contributed by atoms with Crippen molar-refractivity contribution in [2.24, 2.45) is 5.92 Å². The molecule has 262 valence electrons. The molecule has 0 saturated heterocycles. The van der Waals surface area contributed by atoms with Gasteiger partial charge >= 0.3 is 24.5 Å². The van der Waals surface area contributed by atoms with Crippen molar-refractivity contribution in [1.82, 2.24) is 19.7 Å². The third-order valence-electron chi connectivity index (χ3n) is 7.78. The Morgan fingerprint density at radius 2 is 1.57 bits per heavy atom. The lowest BCUT2D eigenvalue weighted by Crippen LogP contribution is -2.36. The highest BCUT2D eigenvalue weighted by molar-refractivity contribution is 5.89. The zero-order chi connectivity index (χ0) is 35.6. The molecule has 5 rings (SSSR count). The molecule has 49 heavy (non-hydrogen) atoms. The highest BCUT2D eigenvalue weighted by Gasteiger charge is 2.41. The van der Waals surface area contributed by atoms with Gasteiger partial charge < -0.3 is 9.84 Å². The van der Waals surface area contributed by atoms with Crippen molar-refractivity contribution in [2.45, 2.75) is 50.8 Å². The quantitative estimate of drug-likeness (QED) is 0.141. The van der Waals surface area contributed by atoms with E-state index >= 15 is 0 Å². The normalized spacial score (nSPS) is 14.0. The van der Waals surface area contributed by atoms with Gasteiger partial charge in [-0.1, -0.05) is 36.4 Å². The maximum absolute atomic E-state index is 14.1. The molecule has 1 fully saturated rings. The summed E-state index contributed by atoms with van der Waals surface area (Å²) < 4.78 is 129. The zero-order valence-corrected chi connectivity index (χ0v) is 25.5. The van der Waals surface area contributed by atoms with Crippen LogP contribution in [0.5, 0.6) is 5.75 Å². The van der Waals surface area contributed by atoms with E-state index in [0.717, 1.165) is 36.6 Å². The maximum Gasteiger partial charge on any atom is 0.434 e. The summed E-state index contributed by atoms with van der Waals surface area (Å²) in [6, 6.07) is 13.4. The standard InChI is InChI=1S/C33H29F9N4O3/c34-31(35,36)19-45(17-21-11-12-21)15-3-4-20-9-13-22(14-10-20)18-49-28-23(5-1-6-25(28)32(37,38)39)26-7-2-8-27(44-26)46-29(33(40,41)42)24(16-43-46)30(47)48/h1-2,5-10,13-14,16,21H,3-4,11-12,15,17-19H2,(H,47,48). The predicted octanol–water partition coefficient (Wildman–Crippen LogP) is 8.46. The largest absolute Gasteiger partial charge is 0.488 e. The minimum atomic E-state index is -5.15. The smallest absolute Gasteiger partial charge is 0.434 e. The van der Waals surface area contributed by atoms with Crippen molar-refractivity contribution in [3.8, 4) is 22.8 Å². The molecule has 16 heteroatoms. The topological polar surface area (TPSA) is 80.5 Å². The molecular weight excluding hydrogens is 671 g/mol. The van der Waals surface area contributed by atoms with E-state index in [4.69, 9.17) is 4.74 Å². The van der Waals surface area contributed by atoms with Crippen molar-refractivity contribution in [3.63, 3.8) is 0 Å². The van der Waals surface area contributed by atoms with Crippen LogP contribution in [-0.2, 0) is 25.4 Å². The number of carboxylic acids is 1. The molecule has 7 nitrogen and oxygen atoms in total. The summed E-state index contributed by atoms with van der Waals surface area (Å²) in [6.07, 6.45) is -11.0. The van der Waals surface area contributed by atoms with Gasteiger partial charge in [0.1, 0.15) is 17.9 Å². The van der Waals surface area contributed by atoms with Crippen molar-refractivity contribution in [1.29, 1.82) is 0 Å². The third kappa shape index (κ3) is 9.31. The van der Waals surface area contributed by atoms with Crippen molar-refractivity contribution in [3.05, 3.63) is 94.8 Å². The van der Waals surface area contributed by atoms with Gasteiger partial charge in [0.05, 0.1) is 24.0 Å². The molecule has 1 aliphatic carbocycles. The minimum absolute atomic E-state index is 0.193. The fourth-order valence-electron chi connectivity index (χ4n) is 5.38. The van der Waals surface area contributed by atoms with Crippen LogP contribution in [0.2, 0.25) is 0 Å². The van der Waals surface area contributed by atoms with E-state index in [1.54, 1.807) is 24.3 Å². The monoisotopic (exact) mass is 700 g/mol. The molecular formula is C33H29F9N4O3. The number of halogens is 9. The lowest BCUT2D eigenvalue weighted by atomic mass is 10.0. The molecule has 1 aliphatic rings. The summed E-state index contributed by atoms with van der Waals surface area (Å²) in [5, 5.41) is 12.7. The Balaban J connectivity index is 1.34. The molecule has 0 aliphatic heterocycles. The molecule has 0 spiro atoms. The van der Waals surface area contributed by atoms with E-state index in [1.807, 2.05) is 0 Å². The van der Waals surface area contributed by atoms with Gasteiger partial charge in [-0.25, -0.2) is 14.5 Å². The molecule has 0 amide bonds. The van der Waals surface area contributed by atoms with Gasteiger partial charge in [-0.05, 0) is 73.5 Å². The number of carboxylic acid groups (broad SMARTS) is 1. The van der Waals surface area contributed by atoms with E-state index in [1.165, 1.54) is 23.1 Å². The van der Waals surface area contributed by atoms with Gasteiger partial charge in [-0.3, -0.25) is 4.90 Å². The SMILES string of the molecule is O=C(O)c1cnn(-c2cccc(-c3cccc(C(F)(F)F)c3OCc3ccc(CCCN(CC4CC4)CC(F)(F)F)cc3)n2)c1C(F)(F)F. The van der Waals surface area contributed by atoms with E-state index in [0.29, 0.717) is 37.1 Å². The highest BCUT2D eigenvalue weighted by Crippen LogP contribution is 2.42. The number of aromatic nitrogens is 3. The van der Waals surface area contributed by atoms with Crippen LogP contribution in [0.1, 0.15) is 52.0 Å². The molecule has 2 heterocycles. The van der Waals surface area contributed by atoms with Crippen LogP contribution < -0.4 is 4.74 Å². The van der Waals surface area contributed by atoms with Gasteiger partial charge in [0.25, 0.3) is 0 Å². The first-order valence-electron chi connectivity index (χ1n) is 15.1. The first-order valence-corrected chi connectivity index (χ1v) is 15.1. The van der Waals surface area contributed by atoms with Crippen LogP contribution in [0, 0.1) is 5.92 Å². The fraction of sp³-hybridized carbons (Fsp3) is 0.364. The Kier molecular flexibility index (Phi) is 10.3. The van der Waals surface area contributed by atoms with Gasteiger partial charge in [0.15, 0.2) is 11.5 Å². The Labute approximate surface area is 273 Å². The predicted molar refractivity (Wildman–Crippen MR) is 158 cm³/mol. The number of carbonyl (C=O) groups is 1. The van der Waals surface area contributed by atoms with E-state index in [-0.39, 0.29) is 29.1 Å². The van der Waals surface area contributed by atoms with Gasteiger partial charge in [0, 0.05) is 12.1 Å². The number of nitrogens with zero attached hydrogens (tertiary/aromatic N) is 4. The molecule has 0 bridgehead atoms. The average Bonchev–Trinajstić information content (AvgIpc) is 3.70. The second-order valence-electron chi connectivity index (χ2n) is 11.7. The average molecular weight is 701 g/mol. The Hall–Kier alpha value is -4.60. The summed E-state index contributed by atoms with van der Waals surface area (Å²) in [4.78, 5) is 16.9. The molecule has 0 radical (unpaired) electrons. The zero-order valence-electron chi connectivity index (χ0n) is 25.5. The van der Waals surface area contributed by atoms with Crippen molar-refractivity contribution < 1.29 is 54.2 Å². The Bertz CT molecular complexity index is 1760. The number of aromatic carboxylic acids is 1. The fourth-order valence-corrected chi connectivity index (χ4v) is 5.38. The van der Waals surface area contributed by atoms with E-state index in [2.05, 4.69) is 10.1 Å². The minimum Gasteiger partial charge on any atom is -0.488 e. The maximum atomic E-state index is 14.1. The van der Waals surface area contributed by atoms with Crippen LogP contribution in [0.25, 0.3) is 17.1 Å².